The topological polar surface area (TPSA) is 105 Å². The van der Waals surface area contributed by atoms with Crippen LogP contribution in [0, 0.1) is 0 Å². The van der Waals surface area contributed by atoms with Gasteiger partial charge in [-0.2, -0.15) is 0 Å². The zero-order valence-corrected chi connectivity index (χ0v) is 15.9. The van der Waals surface area contributed by atoms with Crippen LogP contribution in [0.1, 0.15) is 18.9 Å². The lowest BCUT2D eigenvalue weighted by molar-refractivity contribution is -0.168. The normalized spacial score (nSPS) is 23.9. The van der Waals surface area contributed by atoms with Crippen molar-refractivity contribution in [2.75, 3.05) is 31.1 Å². The average Bonchev–Trinajstić information content (AvgIpc) is 3.10. The van der Waals surface area contributed by atoms with Gasteiger partial charge in [0.15, 0.2) is 6.61 Å². The van der Waals surface area contributed by atoms with Gasteiger partial charge in [0.25, 0.3) is 5.91 Å². The van der Waals surface area contributed by atoms with Crippen LogP contribution in [0.4, 0.5) is 10.5 Å². The zero-order chi connectivity index (χ0) is 20.5. The number of benzene rings is 1. The SMILES string of the molecule is CC(=O)NC[C@H]1CN(c2ccc(C3=CCN4C(=O)COC(=O)C4C3)cc2)C(=O)O1. The van der Waals surface area contributed by atoms with Crippen molar-refractivity contribution in [1.82, 2.24) is 10.2 Å². The molecule has 0 saturated carbocycles. The van der Waals surface area contributed by atoms with Crippen LogP contribution in [-0.4, -0.2) is 67.2 Å². The Kier molecular flexibility index (Phi) is 4.96. The first-order valence-electron chi connectivity index (χ1n) is 9.40. The van der Waals surface area contributed by atoms with Crippen molar-refractivity contribution in [1.29, 1.82) is 0 Å². The van der Waals surface area contributed by atoms with Gasteiger partial charge in [0.2, 0.25) is 5.91 Å². The largest absolute Gasteiger partial charge is 0.454 e. The Balaban J connectivity index is 1.44. The van der Waals surface area contributed by atoms with E-state index in [9.17, 15) is 19.2 Å². The highest BCUT2D eigenvalue weighted by Crippen LogP contribution is 2.31. The molecule has 9 nitrogen and oxygen atoms in total. The molecule has 3 heterocycles. The maximum atomic E-state index is 12.1. The van der Waals surface area contributed by atoms with Crippen LogP contribution in [0.5, 0.6) is 0 Å². The van der Waals surface area contributed by atoms with Gasteiger partial charge in [-0.05, 0) is 23.3 Å². The van der Waals surface area contributed by atoms with Crippen LogP contribution in [0.3, 0.4) is 0 Å². The Hall–Kier alpha value is -3.36. The summed E-state index contributed by atoms with van der Waals surface area (Å²) >= 11 is 0. The van der Waals surface area contributed by atoms with E-state index in [0.29, 0.717) is 25.2 Å². The third-order valence-corrected chi connectivity index (χ3v) is 5.26. The number of nitrogens with zero attached hydrogens (tertiary/aromatic N) is 2. The van der Waals surface area contributed by atoms with E-state index in [-0.39, 0.29) is 30.9 Å². The Labute approximate surface area is 167 Å². The maximum absolute atomic E-state index is 12.1. The molecule has 1 aromatic carbocycles. The minimum absolute atomic E-state index is 0.174. The fourth-order valence-electron chi connectivity index (χ4n) is 3.72. The van der Waals surface area contributed by atoms with E-state index in [2.05, 4.69) is 5.32 Å². The zero-order valence-electron chi connectivity index (χ0n) is 15.9. The first-order chi connectivity index (χ1) is 13.9. The van der Waals surface area contributed by atoms with Crippen LogP contribution in [0.2, 0.25) is 0 Å². The lowest BCUT2D eigenvalue weighted by Crippen LogP contribution is -2.53. The third kappa shape index (κ3) is 3.80. The summed E-state index contributed by atoms with van der Waals surface area (Å²) in [5.74, 6) is -0.731. The summed E-state index contributed by atoms with van der Waals surface area (Å²) in [6.45, 7) is 2.22. The minimum Gasteiger partial charge on any atom is -0.454 e. The third-order valence-electron chi connectivity index (χ3n) is 5.26. The minimum atomic E-state index is -0.584. The Bertz CT molecular complexity index is 894. The smallest absolute Gasteiger partial charge is 0.414 e. The summed E-state index contributed by atoms with van der Waals surface area (Å²) in [5.41, 5.74) is 2.56. The molecule has 3 amide bonds. The van der Waals surface area contributed by atoms with E-state index in [1.807, 2.05) is 30.3 Å². The second-order valence-corrected chi connectivity index (χ2v) is 7.20. The molecule has 2 atom stereocenters. The Morgan fingerprint density at radius 3 is 2.69 bits per heavy atom. The average molecular weight is 399 g/mol. The Morgan fingerprint density at radius 1 is 1.21 bits per heavy atom. The number of ether oxygens (including phenoxy) is 2. The van der Waals surface area contributed by atoms with Gasteiger partial charge >= 0.3 is 12.1 Å². The molecule has 29 heavy (non-hydrogen) atoms. The predicted molar refractivity (Wildman–Crippen MR) is 102 cm³/mol. The number of esters is 1. The van der Waals surface area contributed by atoms with Crippen LogP contribution in [-0.2, 0) is 23.9 Å². The number of amides is 3. The molecule has 3 aliphatic heterocycles. The van der Waals surface area contributed by atoms with Crippen molar-refractivity contribution >= 4 is 35.1 Å². The van der Waals surface area contributed by atoms with E-state index in [4.69, 9.17) is 9.47 Å². The quantitative estimate of drug-likeness (QED) is 0.747. The number of hydrogen-bond acceptors (Lipinski definition) is 6. The lowest BCUT2D eigenvalue weighted by Gasteiger charge is -2.36. The van der Waals surface area contributed by atoms with Gasteiger partial charge in [0.1, 0.15) is 12.1 Å². The molecule has 0 spiro atoms. The van der Waals surface area contributed by atoms with Crippen molar-refractivity contribution in [3.05, 3.63) is 35.9 Å². The van der Waals surface area contributed by atoms with Crippen molar-refractivity contribution in [3.63, 3.8) is 0 Å². The second kappa shape index (κ2) is 7.57. The van der Waals surface area contributed by atoms with Crippen molar-refractivity contribution in [2.24, 2.45) is 0 Å². The number of hydrogen-bond donors (Lipinski definition) is 1. The molecule has 9 heteroatoms. The highest BCUT2D eigenvalue weighted by atomic mass is 16.6. The summed E-state index contributed by atoms with van der Waals surface area (Å²) in [6.07, 6.45) is 1.49. The number of rotatable bonds is 4. The molecule has 3 aliphatic rings. The maximum Gasteiger partial charge on any atom is 0.414 e. The molecule has 0 bridgehead atoms. The van der Waals surface area contributed by atoms with E-state index < -0.39 is 18.2 Å². The summed E-state index contributed by atoms with van der Waals surface area (Å²) in [6, 6.07) is 6.80. The van der Waals surface area contributed by atoms with Gasteiger partial charge in [0, 0.05) is 25.6 Å². The molecule has 0 aliphatic carbocycles. The van der Waals surface area contributed by atoms with Crippen LogP contribution in [0.25, 0.3) is 5.57 Å². The number of carbonyl (C=O) groups excluding carboxylic acids is 4. The number of carbonyl (C=O) groups is 4. The van der Waals surface area contributed by atoms with E-state index in [0.717, 1.165) is 11.1 Å². The second-order valence-electron chi connectivity index (χ2n) is 7.20. The predicted octanol–water partition coefficient (Wildman–Crippen LogP) is 0.689. The first kappa shape index (κ1) is 19.0. The van der Waals surface area contributed by atoms with E-state index >= 15 is 0 Å². The van der Waals surface area contributed by atoms with Gasteiger partial charge < -0.3 is 19.7 Å². The van der Waals surface area contributed by atoms with E-state index in [1.165, 1.54) is 11.8 Å². The lowest BCUT2D eigenvalue weighted by atomic mass is 9.93. The van der Waals surface area contributed by atoms with Gasteiger partial charge in [-0.15, -0.1) is 0 Å². The molecule has 152 valence electrons. The standard InChI is InChI=1S/C20H21N3O6/c1-12(24)21-9-16-10-23(20(27)29-16)15-4-2-13(3-5-15)14-6-7-22-17(8-14)19(26)28-11-18(22)25/h2-6,16-17H,7-11H2,1H3,(H,21,24)/t16-,17?/m0/s1. The number of nitrogens with one attached hydrogen (secondary N) is 1. The monoisotopic (exact) mass is 399 g/mol. The van der Waals surface area contributed by atoms with Gasteiger partial charge in [-0.1, -0.05) is 18.2 Å². The van der Waals surface area contributed by atoms with Crippen LogP contribution < -0.4 is 10.2 Å². The first-order valence-corrected chi connectivity index (χ1v) is 9.40. The highest BCUT2D eigenvalue weighted by molar-refractivity contribution is 5.93. The molecule has 1 aromatic rings. The van der Waals surface area contributed by atoms with Crippen molar-refractivity contribution < 1.29 is 28.7 Å². The summed E-state index contributed by atoms with van der Waals surface area (Å²) in [5, 5.41) is 2.65. The molecule has 1 N–H and O–H groups in total. The summed E-state index contributed by atoms with van der Waals surface area (Å²) in [7, 11) is 0. The molecule has 1 unspecified atom stereocenters. The number of fused-ring (bicyclic) bond motifs is 1. The van der Waals surface area contributed by atoms with E-state index in [1.54, 1.807) is 4.90 Å². The summed E-state index contributed by atoms with van der Waals surface area (Å²) in [4.78, 5) is 50.1. The number of anilines is 1. The summed E-state index contributed by atoms with van der Waals surface area (Å²) < 4.78 is 10.2. The molecule has 0 aromatic heterocycles. The molecule has 2 fully saturated rings. The van der Waals surface area contributed by atoms with Gasteiger partial charge in [0.05, 0.1) is 13.1 Å². The van der Waals surface area contributed by atoms with Crippen LogP contribution >= 0.6 is 0 Å². The van der Waals surface area contributed by atoms with Crippen molar-refractivity contribution in [3.8, 4) is 0 Å². The number of morpholine rings is 1. The number of cyclic esters (lactones) is 2. The van der Waals surface area contributed by atoms with Gasteiger partial charge in [-0.3, -0.25) is 14.5 Å². The molecule has 4 rings (SSSR count). The molecular weight excluding hydrogens is 378 g/mol. The molecular formula is C20H21N3O6. The molecule has 2 saturated heterocycles. The van der Waals surface area contributed by atoms with Crippen molar-refractivity contribution in [2.45, 2.75) is 25.5 Å². The van der Waals surface area contributed by atoms with Crippen LogP contribution in [0.15, 0.2) is 30.3 Å². The molecule has 0 radical (unpaired) electrons. The van der Waals surface area contributed by atoms with Gasteiger partial charge in [-0.25, -0.2) is 9.59 Å². The fraction of sp³-hybridized carbons (Fsp3) is 0.400. The highest BCUT2D eigenvalue weighted by Gasteiger charge is 2.38. The Morgan fingerprint density at radius 2 is 1.97 bits per heavy atom. The fourth-order valence-corrected chi connectivity index (χ4v) is 3.72.